The minimum absolute atomic E-state index is 0.0483. The lowest BCUT2D eigenvalue weighted by Crippen LogP contribution is -2.27. The Balaban J connectivity index is 1.94. The van der Waals surface area contributed by atoms with Crippen LogP contribution in [0.15, 0.2) is 0 Å². The first-order chi connectivity index (χ1) is 5.75. The lowest BCUT2D eigenvalue weighted by atomic mass is 9.76. The van der Waals surface area contributed by atoms with Crippen molar-refractivity contribution in [3.05, 3.63) is 0 Å². The van der Waals surface area contributed by atoms with E-state index in [4.69, 9.17) is 11.6 Å². The smallest absolute Gasteiger partial charge is 0.225 e. The Kier molecular flexibility index (Phi) is 1.39. The van der Waals surface area contributed by atoms with Gasteiger partial charge in [0.05, 0.1) is 0 Å². The molecule has 4 aliphatic rings. The molecule has 4 aliphatic carbocycles. The number of carbonyl (C=O) groups is 1. The van der Waals surface area contributed by atoms with E-state index < -0.39 is 0 Å². The highest BCUT2D eigenvalue weighted by Crippen LogP contribution is 2.61. The zero-order valence-corrected chi connectivity index (χ0v) is 7.76. The molecule has 0 aromatic carbocycles. The Morgan fingerprint density at radius 2 is 1.83 bits per heavy atom. The number of rotatable bonds is 1. The van der Waals surface area contributed by atoms with Gasteiger partial charge >= 0.3 is 0 Å². The first kappa shape index (κ1) is 7.37. The molecular weight excluding hydrogens is 172 g/mol. The third-order valence-corrected chi connectivity index (χ3v) is 4.57. The Bertz CT molecular complexity index is 234. The molecule has 0 unspecified atom stereocenters. The summed E-state index contributed by atoms with van der Waals surface area (Å²) in [5, 5.41) is -0.0483. The molecule has 0 radical (unpaired) electrons. The van der Waals surface area contributed by atoms with E-state index in [1.165, 1.54) is 25.7 Å². The maximum absolute atomic E-state index is 11.2. The minimum Gasteiger partial charge on any atom is -0.281 e. The van der Waals surface area contributed by atoms with Gasteiger partial charge < -0.3 is 0 Å². The summed E-state index contributed by atoms with van der Waals surface area (Å²) >= 11 is 5.63. The average molecular weight is 185 g/mol. The average Bonchev–Trinajstić information content (AvgIpc) is 2.38. The molecular formula is C10H13ClO. The van der Waals surface area contributed by atoms with Gasteiger partial charge in [-0.2, -0.15) is 0 Å². The minimum atomic E-state index is -0.0483. The topological polar surface area (TPSA) is 17.1 Å². The monoisotopic (exact) mass is 184 g/mol. The molecule has 0 N–H and O–H groups in total. The van der Waals surface area contributed by atoms with Gasteiger partial charge in [0, 0.05) is 5.92 Å². The summed E-state index contributed by atoms with van der Waals surface area (Å²) in [6.07, 6.45) is 5.27. The largest absolute Gasteiger partial charge is 0.281 e. The highest BCUT2D eigenvalue weighted by molar-refractivity contribution is 6.64. The van der Waals surface area contributed by atoms with Crippen LogP contribution in [-0.2, 0) is 4.79 Å². The predicted octanol–water partition coefficient (Wildman–Crippen LogP) is 2.43. The summed E-state index contributed by atoms with van der Waals surface area (Å²) < 4.78 is 0. The highest BCUT2D eigenvalue weighted by Gasteiger charge is 2.55. The van der Waals surface area contributed by atoms with Crippen LogP contribution >= 0.6 is 11.6 Å². The van der Waals surface area contributed by atoms with E-state index in [1.807, 2.05) is 0 Å². The predicted molar refractivity (Wildman–Crippen MR) is 46.8 cm³/mol. The van der Waals surface area contributed by atoms with Crippen LogP contribution in [0.4, 0.5) is 0 Å². The van der Waals surface area contributed by atoms with Gasteiger partial charge in [0.25, 0.3) is 0 Å². The summed E-state index contributed by atoms with van der Waals surface area (Å²) in [6, 6.07) is 0. The molecule has 4 fully saturated rings. The Morgan fingerprint density at radius 3 is 2.50 bits per heavy atom. The zero-order chi connectivity index (χ0) is 8.29. The molecule has 4 bridgehead atoms. The number of carbonyl (C=O) groups excluding carboxylic acids is 1. The van der Waals surface area contributed by atoms with Crippen molar-refractivity contribution in [3.63, 3.8) is 0 Å². The van der Waals surface area contributed by atoms with E-state index in [1.54, 1.807) is 0 Å². The van der Waals surface area contributed by atoms with E-state index in [0.717, 1.165) is 11.8 Å². The van der Waals surface area contributed by atoms with Crippen molar-refractivity contribution < 1.29 is 4.79 Å². The van der Waals surface area contributed by atoms with Gasteiger partial charge in [-0.3, -0.25) is 4.79 Å². The molecule has 4 rings (SSSR count). The van der Waals surface area contributed by atoms with Crippen molar-refractivity contribution in [3.8, 4) is 0 Å². The SMILES string of the molecule is O=C(Cl)[C@@H]1[C@@H]2C[C@H]3C[C@@H](C2)[C@@H]1C3. The van der Waals surface area contributed by atoms with Crippen molar-refractivity contribution in [1.82, 2.24) is 0 Å². The summed E-state index contributed by atoms with van der Waals surface area (Å²) in [7, 11) is 0. The lowest BCUT2D eigenvalue weighted by Gasteiger charge is -2.29. The van der Waals surface area contributed by atoms with Crippen LogP contribution in [0.1, 0.15) is 25.7 Å². The first-order valence-electron chi connectivity index (χ1n) is 4.95. The van der Waals surface area contributed by atoms with Crippen molar-refractivity contribution in [2.45, 2.75) is 25.7 Å². The second-order valence-corrected chi connectivity index (χ2v) is 5.20. The normalized spacial score (nSPS) is 54.9. The molecule has 5 atom stereocenters. The Labute approximate surface area is 77.5 Å². The van der Waals surface area contributed by atoms with Crippen molar-refractivity contribution in [1.29, 1.82) is 0 Å². The van der Waals surface area contributed by atoms with Crippen molar-refractivity contribution in [2.24, 2.45) is 29.6 Å². The molecule has 0 aromatic rings. The molecule has 0 heterocycles. The standard InChI is InChI=1S/C10H13ClO/c11-10(12)9-7-2-5-1-6(4-7)8(9)3-5/h5-9H,1-4H2/t5-,6+,7-,8+,9-/m1/s1. The lowest BCUT2D eigenvalue weighted by molar-refractivity contribution is -0.118. The quantitative estimate of drug-likeness (QED) is 0.573. The fourth-order valence-corrected chi connectivity index (χ4v) is 4.43. The molecule has 0 amide bonds. The van der Waals surface area contributed by atoms with Crippen LogP contribution in [0.3, 0.4) is 0 Å². The summed E-state index contributed by atoms with van der Waals surface area (Å²) in [6.45, 7) is 0. The van der Waals surface area contributed by atoms with Gasteiger partial charge in [-0.1, -0.05) is 0 Å². The van der Waals surface area contributed by atoms with Crippen LogP contribution < -0.4 is 0 Å². The van der Waals surface area contributed by atoms with E-state index in [-0.39, 0.29) is 11.2 Å². The van der Waals surface area contributed by atoms with Gasteiger partial charge in [-0.05, 0) is 61.0 Å². The fraction of sp³-hybridized carbons (Fsp3) is 0.900. The van der Waals surface area contributed by atoms with Crippen LogP contribution in [0.25, 0.3) is 0 Å². The zero-order valence-electron chi connectivity index (χ0n) is 7.00. The number of hydrogen-bond donors (Lipinski definition) is 0. The Hall–Kier alpha value is -0.0400. The van der Waals surface area contributed by atoms with E-state index in [2.05, 4.69) is 0 Å². The number of halogens is 1. The van der Waals surface area contributed by atoms with Gasteiger partial charge in [-0.15, -0.1) is 0 Å². The first-order valence-corrected chi connectivity index (χ1v) is 5.33. The highest BCUT2D eigenvalue weighted by atomic mass is 35.5. The Morgan fingerprint density at radius 1 is 1.08 bits per heavy atom. The van der Waals surface area contributed by atoms with Gasteiger partial charge in [-0.25, -0.2) is 0 Å². The van der Waals surface area contributed by atoms with Gasteiger partial charge in [0.15, 0.2) is 0 Å². The third-order valence-electron chi connectivity index (χ3n) is 4.32. The number of hydrogen-bond acceptors (Lipinski definition) is 1. The van der Waals surface area contributed by atoms with Crippen LogP contribution in [0.5, 0.6) is 0 Å². The summed E-state index contributed by atoms with van der Waals surface area (Å²) in [5.41, 5.74) is 0. The molecule has 0 aromatic heterocycles. The van der Waals surface area contributed by atoms with Crippen molar-refractivity contribution >= 4 is 16.8 Å². The second-order valence-electron chi connectivity index (χ2n) is 4.82. The molecule has 66 valence electrons. The van der Waals surface area contributed by atoms with Crippen LogP contribution in [0, 0.1) is 29.6 Å². The van der Waals surface area contributed by atoms with E-state index in [9.17, 15) is 4.79 Å². The second kappa shape index (κ2) is 2.25. The molecule has 4 saturated carbocycles. The van der Waals surface area contributed by atoms with Gasteiger partial charge in [0.1, 0.15) is 0 Å². The molecule has 0 saturated heterocycles. The van der Waals surface area contributed by atoms with Gasteiger partial charge in [0.2, 0.25) is 5.24 Å². The van der Waals surface area contributed by atoms with Crippen LogP contribution in [0.2, 0.25) is 0 Å². The maximum atomic E-state index is 11.2. The van der Waals surface area contributed by atoms with Crippen molar-refractivity contribution in [2.75, 3.05) is 0 Å². The maximum Gasteiger partial charge on any atom is 0.225 e. The molecule has 12 heavy (non-hydrogen) atoms. The molecule has 0 spiro atoms. The molecule has 2 heteroatoms. The summed E-state index contributed by atoms with van der Waals surface area (Å²) in [4.78, 5) is 11.2. The molecule has 0 aliphatic heterocycles. The fourth-order valence-electron chi connectivity index (χ4n) is 4.09. The third kappa shape index (κ3) is 0.783. The van der Waals surface area contributed by atoms with Crippen LogP contribution in [-0.4, -0.2) is 5.24 Å². The summed E-state index contributed by atoms with van der Waals surface area (Å²) in [5.74, 6) is 3.40. The molecule has 1 nitrogen and oxygen atoms in total. The van der Waals surface area contributed by atoms with E-state index >= 15 is 0 Å². The van der Waals surface area contributed by atoms with E-state index in [0.29, 0.717) is 11.8 Å².